The predicted octanol–water partition coefficient (Wildman–Crippen LogP) is 3.01. The van der Waals surface area contributed by atoms with Crippen LogP contribution in [0.25, 0.3) is 0 Å². The molecule has 1 aromatic rings. The number of nitrogens with zero attached hydrogens (tertiary/aromatic N) is 1. The maximum Gasteiger partial charge on any atom is 0.103 e. The van der Waals surface area contributed by atoms with Crippen molar-refractivity contribution < 1.29 is 0 Å². The average Bonchev–Trinajstić information content (AvgIpc) is 2.57. The van der Waals surface area contributed by atoms with Gasteiger partial charge >= 0.3 is 0 Å². The number of benzene rings is 1. The SMILES string of the molecule is Cc1cc(C(N)=S)ccc1N1CCCCCC1. The Labute approximate surface area is 109 Å². The summed E-state index contributed by atoms with van der Waals surface area (Å²) in [7, 11) is 0. The van der Waals surface area contributed by atoms with Crippen molar-refractivity contribution in [3.05, 3.63) is 29.3 Å². The van der Waals surface area contributed by atoms with Crippen molar-refractivity contribution in [1.29, 1.82) is 0 Å². The van der Waals surface area contributed by atoms with Crippen molar-refractivity contribution in [1.82, 2.24) is 0 Å². The lowest BCUT2D eigenvalue weighted by Gasteiger charge is -2.25. The minimum atomic E-state index is 0.482. The van der Waals surface area contributed by atoms with Gasteiger partial charge in [0.15, 0.2) is 0 Å². The fourth-order valence-electron chi connectivity index (χ4n) is 2.48. The number of anilines is 1. The zero-order valence-corrected chi connectivity index (χ0v) is 11.2. The maximum absolute atomic E-state index is 5.65. The zero-order chi connectivity index (χ0) is 12.3. The minimum absolute atomic E-state index is 0.482. The molecule has 1 aliphatic rings. The first-order valence-electron chi connectivity index (χ1n) is 6.34. The Morgan fingerprint density at radius 3 is 2.35 bits per heavy atom. The van der Waals surface area contributed by atoms with E-state index in [1.54, 1.807) is 0 Å². The van der Waals surface area contributed by atoms with E-state index in [0.717, 1.165) is 5.56 Å². The molecule has 0 unspecified atom stereocenters. The normalized spacial score (nSPS) is 16.6. The van der Waals surface area contributed by atoms with Gasteiger partial charge in [0.1, 0.15) is 4.99 Å². The number of rotatable bonds is 2. The van der Waals surface area contributed by atoms with Crippen molar-refractivity contribution >= 4 is 22.9 Å². The van der Waals surface area contributed by atoms with E-state index in [1.807, 2.05) is 6.07 Å². The molecule has 1 aromatic carbocycles. The first-order chi connectivity index (χ1) is 8.18. The molecule has 2 nitrogen and oxygen atoms in total. The summed E-state index contributed by atoms with van der Waals surface area (Å²) in [5.41, 5.74) is 9.24. The van der Waals surface area contributed by atoms with Crippen molar-refractivity contribution in [3.63, 3.8) is 0 Å². The number of nitrogens with two attached hydrogens (primary N) is 1. The number of hydrogen-bond donors (Lipinski definition) is 1. The maximum atomic E-state index is 5.65. The fourth-order valence-corrected chi connectivity index (χ4v) is 2.60. The summed E-state index contributed by atoms with van der Waals surface area (Å²) in [6.45, 7) is 4.49. The van der Waals surface area contributed by atoms with Gasteiger partial charge in [-0.25, -0.2) is 0 Å². The van der Waals surface area contributed by atoms with Gasteiger partial charge in [-0.1, -0.05) is 25.1 Å². The molecule has 0 aromatic heterocycles. The Morgan fingerprint density at radius 2 is 1.82 bits per heavy atom. The second-order valence-electron chi connectivity index (χ2n) is 4.77. The van der Waals surface area contributed by atoms with Crippen LogP contribution < -0.4 is 10.6 Å². The first kappa shape index (κ1) is 12.4. The molecule has 0 saturated carbocycles. The van der Waals surface area contributed by atoms with Crippen LogP contribution in [0.15, 0.2) is 18.2 Å². The Hall–Kier alpha value is -1.09. The van der Waals surface area contributed by atoms with E-state index >= 15 is 0 Å². The van der Waals surface area contributed by atoms with Crippen molar-refractivity contribution in [3.8, 4) is 0 Å². The molecule has 0 bridgehead atoms. The van der Waals surface area contributed by atoms with Crippen molar-refractivity contribution in [2.75, 3.05) is 18.0 Å². The van der Waals surface area contributed by atoms with E-state index in [0.29, 0.717) is 4.99 Å². The Morgan fingerprint density at radius 1 is 1.18 bits per heavy atom. The van der Waals surface area contributed by atoms with Crippen LogP contribution in [-0.4, -0.2) is 18.1 Å². The van der Waals surface area contributed by atoms with Gasteiger partial charge in [0, 0.05) is 24.3 Å². The molecule has 1 heterocycles. The van der Waals surface area contributed by atoms with Gasteiger partial charge < -0.3 is 10.6 Å². The highest BCUT2D eigenvalue weighted by Gasteiger charge is 2.12. The van der Waals surface area contributed by atoms with Crippen LogP contribution in [0.3, 0.4) is 0 Å². The largest absolute Gasteiger partial charge is 0.389 e. The molecule has 0 radical (unpaired) electrons. The van der Waals surface area contributed by atoms with E-state index < -0.39 is 0 Å². The third kappa shape index (κ3) is 2.97. The average molecular weight is 248 g/mol. The molecule has 1 aliphatic heterocycles. The summed E-state index contributed by atoms with van der Waals surface area (Å²) in [5.74, 6) is 0. The highest BCUT2D eigenvalue weighted by molar-refractivity contribution is 7.80. The standard InChI is InChI=1S/C14H20N2S/c1-11-10-12(14(15)17)6-7-13(11)16-8-4-2-3-5-9-16/h6-7,10H,2-5,8-9H2,1H3,(H2,15,17). The highest BCUT2D eigenvalue weighted by Crippen LogP contribution is 2.24. The molecule has 17 heavy (non-hydrogen) atoms. The molecule has 0 spiro atoms. The van der Waals surface area contributed by atoms with Gasteiger partial charge in [0.2, 0.25) is 0 Å². The molecule has 1 saturated heterocycles. The quantitative estimate of drug-likeness (QED) is 0.816. The van der Waals surface area contributed by atoms with Crippen molar-refractivity contribution in [2.24, 2.45) is 5.73 Å². The third-order valence-corrected chi connectivity index (χ3v) is 3.66. The Kier molecular flexibility index (Phi) is 4.00. The molecule has 92 valence electrons. The lowest BCUT2D eigenvalue weighted by molar-refractivity contribution is 0.726. The van der Waals surface area contributed by atoms with Crippen LogP contribution in [0.5, 0.6) is 0 Å². The summed E-state index contributed by atoms with van der Waals surface area (Å²) in [6.07, 6.45) is 5.33. The van der Waals surface area contributed by atoms with Crippen LogP contribution >= 0.6 is 12.2 Å². The fraction of sp³-hybridized carbons (Fsp3) is 0.500. The number of thiocarbonyl (C=S) groups is 1. The van der Waals surface area contributed by atoms with E-state index in [1.165, 1.54) is 50.0 Å². The second kappa shape index (κ2) is 5.50. The molecule has 2 N–H and O–H groups in total. The van der Waals surface area contributed by atoms with Crippen LogP contribution in [-0.2, 0) is 0 Å². The Bertz CT molecular complexity index is 407. The molecule has 3 heteroatoms. The summed E-state index contributed by atoms with van der Waals surface area (Å²) in [6, 6.07) is 6.30. The van der Waals surface area contributed by atoms with Gasteiger partial charge in [-0.15, -0.1) is 0 Å². The lowest BCUT2D eigenvalue weighted by Crippen LogP contribution is -2.24. The summed E-state index contributed by atoms with van der Waals surface area (Å²) in [4.78, 5) is 2.97. The van der Waals surface area contributed by atoms with E-state index in [-0.39, 0.29) is 0 Å². The van der Waals surface area contributed by atoms with E-state index in [2.05, 4.69) is 24.0 Å². The van der Waals surface area contributed by atoms with E-state index in [9.17, 15) is 0 Å². The zero-order valence-electron chi connectivity index (χ0n) is 10.4. The predicted molar refractivity (Wildman–Crippen MR) is 77.7 cm³/mol. The molecule has 1 fully saturated rings. The van der Waals surface area contributed by atoms with Gasteiger partial charge in [0.25, 0.3) is 0 Å². The van der Waals surface area contributed by atoms with Gasteiger partial charge in [-0.2, -0.15) is 0 Å². The summed E-state index contributed by atoms with van der Waals surface area (Å²) in [5, 5.41) is 0. The molecular weight excluding hydrogens is 228 g/mol. The molecule has 0 atom stereocenters. The molecule has 0 amide bonds. The summed E-state index contributed by atoms with van der Waals surface area (Å²) >= 11 is 5.01. The van der Waals surface area contributed by atoms with E-state index in [4.69, 9.17) is 18.0 Å². The monoisotopic (exact) mass is 248 g/mol. The molecule has 0 aliphatic carbocycles. The topological polar surface area (TPSA) is 29.3 Å². The lowest BCUT2D eigenvalue weighted by atomic mass is 10.1. The van der Waals surface area contributed by atoms with Crippen molar-refractivity contribution in [2.45, 2.75) is 32.6 Å². The Balaban J connectivity index is 2.22. The van der Waals surface area contributed by atoms with Crippen LogP contribution in [0, 0.1) is 6.92 Å². The smallest absolute Gasteiger partial charge is 0.103 e. The first-order valence-corrected chi connectivity index (χ1v) is 6.75. The van der Waals surface area contributed by atoms with Gasteiger partial charge in [-0.3, -0.25) is 0 Å². The molecular formula is C14H20N2S. The second-order valence-corrected chi connectivity index (χ2v) is 5.21. The van der Waals surface area contributed by atoms with Gasteiger partial charge in [-0.05, 0) is 43.5 Å². The number of aryl methyl sites for hydroxylation is 1. The van der Waals surface area contributed by atoms with Crippen LogP contribution in [0.1, 0.15) is 36.8 Å². The van der Waals surface area contributed by atoms with Crippen LogP contribution in [0.2, 0.25) is 0 Å². The third-order valence-electron chi connectivity index (χ3n) is 3.43. The molecule has 2 rings (SSSR count). The van der Waals surface area contributed by atoms with Gasteiger partial charge in [0.05, 0.1) is 0 Å². The highest BCUT2D eigenvalue weighted by atomic mass is 32.1. The minimum Gasteiger partial charge on any atom is -0.389 e. The number of hydrogen-bond acceptors (Lipinski definition) is 2. The van der Waals surface area contributed by atoms with Crippen LogP contribution in [0.4, 0.5) is 5.69 Å². The summed E-state index contributed by atoms with van der Waals surface area (Å²) < 4.78 is 0.